The van der Waals surface area contributed by atoms with Crippen LogP contribution in [0.4, 0.5) is 0 Å². The van der Waals surface area contributed by atoms with Crippen molar-refractivity contribution >= 4 is 5.84 Å². The highest BCUT2D eigenvalue weighted by molar-refractivity contribution is 5.82. The van der Waals surface area contributed by atoms with Crippen molar-refractivity contribution in [3.63, 3.8) is 0 Å². The van der Waals surface area contributed by atoms with Gasteiger partial charge in [0, 0.05) is 25.6 Å². The van der Waals surface area contributed by atoms with Gasteiger partial charge in [-0.15, -0.1) is 0 Å². The third-order valence-corrected chi connectivity index (χ3v) is 1.81. The van der Waals surface area contributed by atoms with Crippen LogP contribution in [0.2, 0.25) is 0 Å². The Bertz CT molecular complexity index is 158. The summed E-state index contributed by atoms with van der Waals surface area (Å²) in [5, 5.41) is 14.5. The number of rotatable bonds is 6. The van der Waals surface area contributed by atoms with Gasteiger partial charge in [0.1, 0.15) is 5.84 Å². The van der Waals surface area contributed by atoms with Gasteiger partial charge in [-0.1, -0.05) is 12.1 Å². The number of nitrogens with two attached hydrogens (primary N) is 1. The van der Waals surface area contributed by atoms with E-state index in [-0.39, 0.29) is 11.8 Å². The zero-order valence-corrected chi connectivity index (χ0v) is 8.62. The van der Waals surface area contributed by atoms with Gasteiger partial charge < -0.3 is 21.2 Å². The van der Waals surface area contributed by atoms with Crippen LogP contribution in [0.5, 0.6) is 0 Å². The number of nitrogens with one attached hydrogen (secondary N) is 1. The normalized spacial score (nSPS) is 14.9. The molecule has 1 atom stereocenters. The fraction of sp³-hybridized carbons (Fsp3) is 0.875. The number of likely N-dealkylation sites (N-methyl/N-ethyl adjacent to an activating group) is 1. The molecule has 0 aromatic carbocycles. The molecule has 5 nitrogen and oxygen atoms in total. The Labute approximate surface area is 79.6 Å². The third-order valence-electron chi connectivity index (χ3n) is 1.81. The van der Waals surface area contributed by atoms with Crippen molar-refractivity contribution in [1.29, 1.82) is 0 Å². The zero-order valence-electron chi connectivity index (χ0n) is 8.62. The molecule has 0 fully saturated rings. The van der Waals surface area contributed by atoms with E-state index in [1.54, 1.807) is 0 Å². The molecule has 0 aliphatic rings. The van der Waals surface area contributed by atoms with Gasteiger partial charge in [0.15, 0.2) is 0 Å². The van der Waals surface area contributed by atoms with Crippen molar-refractivity contribution in [3.8, 4) is 0 Å². The number of oxime groups is 1. The first-order valence-electron chi connectivity index (χ1n) is 4.40. The molecule has 0 saturated heterocycles. The predicted molar refractivity (Wildman–Crippen MR) is 54.0 cm³/mol. The lowest BCUT2D eigenvalue weighted by atomic mass is 10.1. The van der Waals surface area contributed by atoms with Gasteiger partial charge in [-0.2, -0.15) is 0 Å². The Morgan fingerprint density at radius 2 is 2.23 bits per heavy atom. The minimum atomic E-state index is 0.0761. The quantitative estimate of drug-likeness (QED) is 0.173. The number of nitrogens with zero attached hydrogens (tertiary/aromatic N) is 2. The Kier molecular flexibility index (Phi) is 6.26. The van der Waals surface area contributed by atoms with Crippen LogP contribution in [0, 0.1) is 5.92 Å². The molecule has 78 valence electrons. The molecule has 13 heavy (non-hydrogen) atoms. The standard InChI is InChI=1S/C8H20N4O/c1-7(8(9)11-13)6-10-4-5-12(2)3/h7,10,13H,4-6H2,1-3H3,(H2,9,11). The van der Waals surface area contributed by atoms with Crippen LogP contribution in [-0.4, -0.2) is 49.7 Å². The molecule has 0 aromatic heterocycles. The minimum absolute atomic E-state index is 0.0761. The number of hydrogen-bond donors (Lipinski definition) is 3. The van der Waals surface area contributed by atoms with Crippen molar-refractivity contribution in [1.82, 2.24) is 10.2 Å². The monoisotopic (exact) mass is 188 g/mol. The van der Waals surface area contributed by atoms with E-state index >= 15 is 0 Å². The summed E-state index contributed by atoms with van der Waals surface area (Å²) >= 11 is 0. The molecule has 0 amide bonds. The van der Waals surface area contributed by atoms with E-state index in [0.717, 1.165) is 19.6 Å². The van der Waals surface area contributed by atoms with E-state index in [1.807, 2.05) is 21.0 Å². The van der Waals surface area contributed by atoms with Crippen molar-refractivity contribution in [2.75, 3.05) is 33.7 Å². The molecule has 0 bridgehead atoms. The van der Waals surface area contributed by atoms with E-state index < -0.39 is 0 Å². The zero-order chi connectivity index (χ0) is 10.3. The summed E-state index contributed by atoms with van der Waals surface area (Å²) in [6, 6.07) is 0. The lowest BCUT2D eigenvalue weighted by molar-refractivity contribution is 0.313. The van der Waals surface area contributed by atoms with Gasteiger partial charge in [-0.3, -0.25) is 0 Å². The third kappa shape index (κ3) is 6.36. The van der Waals surface area contributed by atoms with Gasteiger partial charge in [0.2, 0.25) is 0 Å². The van der Waals surface area contributed by atoms with Crippen LogP contribution in [0.1, 0.15) is 6.92 Å². The van der Waals surface area contributed by atoms with Crippen molar-refractivity contribution in [2.24, 2.45) is 16.8 Å². The van der Waals surface area contributed by atoms with Crippen molar-refractivity contribution < 1.29 is 5.21 Å². The maximum Gasteiger partial charge on any atom is 0.143 e. The summed E-state index contributed by atoms with van der Waals surface area (Å²) < 4.78 is 0. The summed E-state index contributed by atoms with van der Waals surface area (Å²) in [5.74, 6) is 0.351. The molecular weight excluding hydrogens is 168 g/mol. The molecule has 0 heterocycles. The molecule has 1 unspecified atom stereocenters. The predicted octanol–water partition coefficient (Wildman–Crippen LogP) is -0.480. The Balaban J connectivity index is 3.43. The summed E-state index contributed by atoms with van der Waals surface area (Å²) in [5.41, 5.74) is 5.41. The molecule has 0 saturated carbocycles. The lowest BCUT2D eigenvalue weighted by Gasteiger charge is -2.13. The lowest BCUT2D eigenvalue weighted by Crippen LogP contribution is -2.34. The fourth-order valence-corrected chi connectivity index (χ4v) is 0.824. The highest BCUT2D eigenvalue weighted by atomic mass is 16.4. The second kappa shape index (κ2) is 6.68. The van der Waals surface area contributed by atoms with Gasteiger partial charge in [-0.05, 0) is 14.1 Å². The molecule has 0 spiro atoms. The minimum Gasteiger partial charge on any atom is -0.409 e. The van der Waals surface area contributed by atoms with Gasteiger partial charge >= 0.3 is 0 Å². The number of amidine groups is 1. The first-order chi connectivity index (χ1) is 6.07. The molecule has 0 rings (SSSR count). The van der Waals surface area contributed by atoms with E-state index in [0.29, 0.717) is 0 Å². The highest BCUT2D eigenvalue weighted by Crippen LogP contribution is 1.91. The largest absolute Gasteiger partial charge is 0.409 e. The van der Waals surface area contributed by atoms with Gasteiger partial charge in [0.25, 0.3) is 0 Å². The highest BCUT2D eigenvalue weighted by Gasteiger charge is 2.05. The molecule has 4 N–H and O–H groups in total. The Morgan fingerprint density at radius 1 is 1.62 bits per heavy atom. The summed E-state index contributed by atoms with van der Waals surface area (Å²) in [7, 11) is 4.04. The molecule has 0 radical (unpaired) electrons. The van der Waals surface area contributed by atoms with Crippen molar-refractivity contribution in [2.45, 2.75) is 6.92 Å². The van der Waals surface area contributed by atoms with Crippen molar-refractivity contribution in [3.05, 3.63) is 0 Å². The van der Waals surface area contributed by atoms with Gasteiger partial charge in [0.05, 0.1) is 0 Å². The molecular formula is C8H20N4O. The molecule has 0 aliphatic carbocycles. The average Bonchev–Trinajstić information content (AvgIpc) is 2.10. The van der Waals surface area contributed by atoms with Gasteiger partial charge in [-0.25, -0.2) is 0 Å². The maximum absolute atomic E-state index is 8.38. The van der Waals surface area contributed by atoms with E-state index in [2.05, 4.69) is 15.4 Å². The first-order valence-corrected chi connectivity index (χ1v) is 4.40. The van der Waals surface area contributed by atoms with Crippen LogP contribution < -0.4 is 11.1 Å². The molecule has 0 aromatic rings. The number of hydrogen-bond acceptors (Lipinski definition) is 4. The molecule has 0 aliphatic heterocycles. The smallest absolute Gasteiger partial charge is 0.143 e. The SMILES string of the molecule is CC(CNCCN(C)C)C(N)=NO. The fourth-order valence-electron chi connectivity index (χ4n) is 0.824. The molecule has 5 heteroatoms. The van der Waals surface area contributed by atoms with Crippen LogP contribution in [0.15, 0.2) is 5.16 Å². The maximum atomic E-state index is 8.38. The second-order valence-corrected chi connectivity index (χ2v) is 3.43. The summed E-state index contributed by atoms with van der Waals surface area (Å²) in [4.78, 5) is 2.10. The van der Waals surface area contributed by atoms with E-state index in [9.17, 15) is 0 Å². The Hall–Kier alpha value is -0.810. The van der Waals surface area contributed by atoms with Crippen LogP contribution in [-0.2, 0) is 0 Å². The second-order valence-electron chi connectivity index (χ2n) is 3.43. The average molecular weight is 188 g/mol. The summed E-state index contributed by atoms with van der Waals surface area (Å²) in [6.45, 7) is 4.56. The van der Waals surface area contributed by atoms with Crippen LogP contribution in [0.3, 0.4) is 0 Å². The Morgan fingerprint density at radius 3 is 2.69 bits per heavy atom. The van der Waals surface area contributed by atoms with E-state index in [4.69, 9.17) is 10.9 Å². The summed E-state index contributed by atoms with van der Waals surface area (Å²) in [6.07, 6.45) is 0. The van der Waals surface area contributed by atoms with E-state index in [1.165, 1.54) is 0 Å². The van der Waals surface area contributed by atoms with Crippen LogP contribution in [0.25, 0.3) is 0 Å². The topological polar surface area (TPSA) is 73.9 Å². The first kappa shape index (κ1) is 12.2. The van der Waals surface area contributed by atoms with Crippen LogP contribution >= 0.6 is 0 Å².